The molecule has 0 saturated carbocycles. The summed E-state index contributed by atoms with van der Waals surface area (Å²) < 4.78 is 0. The molecule has 2 atom stereocenters. The number of nitrogens with one attached hydrogen (secondary N) is 1. The van der Waals surface area contributed by atoms with Crippen LogP contribution in [0.2, 0.25) is 0 Å². The molecule has 0 aromatic heterocycles. The summed E-state index contributed by atoms with van der Waals surface area (Å²) in [6, 6.07) is -0.795. The van der Waals surface area contributed by atoms with Crippen LogP contribution in [0, 0.1) is 5.92 Å². The summed E-state index contributed by atoms with van der Waals surface area (Å²) in [4.78, 5) is 22.1. The lowest BCUT2D eigenvalue weighted by Crippen LogP contribution is -2.39. The molecule has 4 heteroatoms. The number of carbonyl (C=O) groups is 2. The van der Waals surface area contributed by atoms with Crippen LogP contribution < -0.4 is 5.32 Å². The van der Waals surface area contributed by atoms with Gasteiger partial charge in [-0.2, -0.15) is 0 Å². The summed E-state index contributed by atoms with van der Waals surface area (Å²) in [6.07, 6.45) is 4.70. The van der Waals surface area contributed by atoms with Gasteiger partial charge in [-0.3, -0.25) is 9.59 Å². The lowest BCUT2D eigenvalue weighted by molar-refractivity contribution is -0.141. The van der Waals surface area contributed by atoms with Crippen molar-refractivity contribution >= 4 is 11.9 Å². The molecule has 2 N–H and O–H groups in total. The van der Waals surface area contributed by atoms with Gasteiger partial charge in [-0.1, -0.05) is 33.1 Å². The summed E-state index contributed by atoms with van der Waals surface area (Å²) in [6.45, 7) is 5.67. The third-order valence-electron chi connectivity index (χ3n) is 2.77. The van der Waals surface area contributed by atoms with Crippen LogP contribution in [0.3, 0.4) is 0 Å². The maximum Gasteiger partial charge on any atom is 0.325 e. The minimum atomic E-state index is -0.991. The molecule has 0 aromatic carbocycles. The normalized spacial score (nSPS) is 14.2. The van der Waals surface area contributed by atoms with Crippen molar-refractivity contribution in [1.29, 1.82) is 0 Å². The summed E-state index contributed by atoms with van der Waals surface area (Å²) in [7, 11) is 0. The quantitative estimate of drug-likeness (QED) is 0.670. The number of amides is 1. The van der Waals surface area contributed by atoms with E-state index in [1.807, 2.05) is 0 Å². The molecule has 0 aliphatic carbocycles. The van der Waals surface area contributed by atoms with Gasteiger partial charge in [0.25, 0.3) is 0 Å². The highest BCUT2D eigenvalue weighted by Gasteiger charge is 2.16. The molecule has 16 heavy (non-hydrogen) atoms. The number of carboxylic acid groups (broad SMARTS) is 1. The molecule has 0 heterocycles. The average molecular weight is 229 g/mol. The van der Waals surface area contributed by atoms with Gasteiger partial charge in [0, 0.05) is 6.42 Å². The molecule has 94 valence electrons. The SMILES string of the molecule is CCCCC(CC)CC(=O)NC(C)C(=O)O. The van der Waals surface area contributed by atoms with Gasteiger partial charge in [0.15, 0.2) is 0 Å². The van der Waals surface area contributed by atoms with E-state index in [1.165, 1.54) is 6.92 Å². The van der Waals surface area contributed by atoms with Crippen LogP contribution in [0.4, 0.5) is 0 Å². The third-order valence-corrected chi connectivity index (χ3v) is 2.77. The van der Waals surface area contributed by atoms with Crippen LogP contribution in [0.25, 0.3) is 0 Å². The fourth-order valence-corrected chi connectivity index (χ4v) is 1.57. The zero-order valence-electron chi connectivity index (χ0n) is 10.5. The molecule has 0 spiro atoms. The molecular weight excluding hydrogens is 206 g/mol. The first-order valence-corrected chi connectivity index (χ1v) is 6.03. The minimum Gasteiger partial charge on any atom is -0.480 e. The Morgan fingerprint density at radius 3 is 2.38 bits per heavy atom. The Morgan fingerprint density at radius 1 is 1.31 bits per heavy atom. The summed E-state index contributed by atoms with van der Waals surface area (Å²) in [5.41, 5.74) is 0. The maximum atomic E-state index is 11.5. The standard InChI is InChI=1S/C12H23NO3/c1-4-6-7-10(5-2)8-11(14)13-9(3)12(15)16/h9-10H,4-8H2,1-3H3,(H,13,14)(H,15,16). The molecule has 2 unspecified atom stereocenters. The highest BCUT2D eigenvalue weighted by atomic mass is 16.4. The maximum absolute atomic E-state index is 11.5. The molecule has 0 fully saturated rings. The minimum absolute atomic E-state index is 0.155. The van der Waals surface area contributed by atoms with Gasteiger partial charge >= 0.3 is 5.97 Å². The van der Waals surface area contributed by atoms with E-state index >= 15 is 0 Å². The van der Waals surface area contributed by atoms with E-state index in [1.54, 1.807) is 0 Å². The number of unbranched alkanes of at least 4 members (excludes halogenated alkanes) is 1. The second-order valence-electron chi connectivity index (χ2n) is 4.25. The Bertz CT molecular complexity index is 228. The van der Waals surface area contributed by atoms with Crippen molar-refractivity contribution in [3.8, 4) is 0 Å². The molecule has 0 aliphatic heterocycles. The molecular formula is C12H23NO3. The average Bonchev–Trinajstić information content (AvgIpc) is 2.23. The first-order valence-electron chi connectivity index (χ1n) is 6.03. The van der Waals surface area contributed by atoms with Gasteiger partial charge in [0.05, 0.1) is 0 Å². The predicted octanol–water partition coefficient (Wildman–Crippen LogP) is 2.18. The van der Waals surface area contributed by atoms with Crippen molar-refractivity contribution < 1.29 is 14.7 Å². The Hall–Kier alpha value is -1.06. The Kier molecular flexibility index (Phi) is 7.60. The summed E-state index contributed by atoms with van der Waals surface area (Å²) in [5, 5.41) is 11.1. The van der Waals surface area contributed by atoms with Gasteiger partial charge in [-0.25, -0.2) is 0 Å². The molecule has 1 amide bonds. The molecule has 0 aliphatic rings. The molecule has 4 nitrogen and oxygen atoms in total. The van der Waals surface area contributed by atoms with E-state index in [-0.39, 0.29) is 5.91 Å². The van der Waals surface area contributed by atoms with Gasteiger partial charge < -0.3 is 10.4 Å². The van der Waals surface area contributed by atoms with Crippen LogP contribution in [0.15, 0.2) is 0 Å². The van der Waals surface area contributed by atoms with Crippen molar-refractivity contribution in [2.24, 2.45) is 5.92 Å². The molecule has 0 rings (SSSR count). The van der Waals surface area contributed by atoms with Crippen LogP contribution >= 0.6 is 0 Å². The Labute approximate surface area is 97.4 Å². The van der Waals surface area contributed by atoms with Crippen molar-refractivity contribution in [1.82, 2.24) is 5.32 Å². The van der Waals surface area contributed by atoms with E-state index in [0.717, 1.165) is 25.7 Å². The molecule has 0 bridgehead atoms. The number of hydrogen-bond acceptors (Lipinski definition) is 2. The van der Waals surface area contributed by atoms with Crippen LogP contribution in [-0.2, 0) is 9.59 Å². The van der Waals surface area contributed by atoms with Crippen molar-refractivity contribution in [3.05, 3.63) is 0 Å². The van der Waals surface area contributed by atoms with E-state index in [0.29, 0.717) is 12.3 Å². The number of hydrogen-bond donors (Lipinski definition) is 2. The van der Waals surface area contributed by atoms with E-state index in [4.69, 9.17) is 5.11 Å². The first-order chi connectivity index (χ1) is 7.51. The highest BCUT2D eigenvalue weighted by molar-refractivity contribution is 5.83. The second-order valence-corrected chi connectivity index (χ2v) is 4.25. The van der Waals surface area contributed by atoms with Gasteiger partial charge in [0.1, 0.15) is 6.04 Å². The molecule has 0 aromatic rings. The zero-order chi connectivity index (χ0) is 12.6. The van der Waals surface area contributed by atoms with E-state index in [9.17, 15) is 9.59 Å². The Morgan fingerprint density at radius 2 is 1.94 bits per heavy atom. The zero-order valence-corrected chi connectivity index (χ0v) is 10.5. The molecule has 0 radical (unpaired) electrons. The topological polar surface area (TPSA) is 66.4 Å². The van der Waals surface area contributed by atoms with Crippen molar-refractivity contribution in [3.63, 3.8) is 0 Å². The van der Waals surface area contributed by atoms with Crippen LogP contribution in [-0.4, -0.2) is 23.0 Å². The lowest BCUT2D eigenvalue weighted by Gasteiger charge is -2.15. The predicted molar refractivity (Wildman–Crippen MR) is 63.2 cm³/mol. The number of rotatable bonds is 8. The fraction of sp³-hybridized carbons (Fsp3) is 0.833. The van der Waals surface area contributed by atoms with Crippen LogP contribution in [0.5, 0.6) is 0 Å². The number of carboxylic acids is 1. The smallest absolute Gasteiger partial charge is 0.325 e. The van der Waals surface area contributed by atoms with Crippen molar-refractivity contribution in [2.45, 2.75) is 58.9 Å². The van der Waals surface area contributed by atoms with Gasteiger partial charge in [-0.05, 0) is 19.3 Å². The largest absolute Gasteiger partial charge is 0.480 e. The van der Waals surface area contributed by atoms with Crippen molar-refractivity contribution in [2.75, 3.05) is 0 Å². The van der Waals surface area contributed by atoms with Gasteiger partial charge in [-0.15, -0.1) is 0 Å². The summed E-state index contributed by atoms with van der Waals surface area (Å²) >= 11 is 0. The monoisotopic (exact) mass is 229 g/mol. The Balaban J connectivity index is 3.95. The first kappa shape index (κ1) is 14.9. The lowest BCUT2D eigenvalue weighted by atomic mass is 9.95. The third kappa shape index (κ3) is 6.43. The van der Waals surface area contributed by atoms with E-state index in [2.05, 4.69) is 19.2 Å². The molecule has 0 saturated heterocycles. The fourth-order valence-electron chi connectivity index (χ4n) is 1.57. The highest BCUT2D eigenvalue weighted by Crippen LogP contribution is 2.16. The van der Waals surface area contributed by atoms with Crippen LogP contribution in [0.1, 0.15) is 52.9 Å². The van der Waals surface area contributed by atoms with Gasteiger partial charge in [0.2, 0.25) is 5.91 Å². The number of carbonyl (C=O) groups excluding carboxylic acids is 1. The number of aliphatic carboxylic acids is 1. The van der Waals surface area contributed by atoms with E-state index < -0.39 is 12.0 Å². The second kappa shape index (κ2) is 8.13. The summed E-state index contributed by atoms with van der Waals surface area (Å²) in [5.74, 6) is -0.770.